The average molecular weight is 223 g/mol. The first-order chi connectivity index (χ1) is 7.42. The fourth-order valence-electron chi connectivity index (χ4n) is 2.40. The standard InChI is InChI=1S/C14H25NO/c1-11(10-14(2,3)4)9-12(15-5)13-7-6-8-16-13/h6-8,11-12,15H,9-10H2,1-5H3. The highest BCUT2D eigenvalue weighted by Crippen LogP contribution is 2.30. The third kappa shape index (κ3) is 4.40. The predicted molar refractivity (Wildman–Crippen MR) is 68.4 cm³/mol. The van der Waals surface area contributed by atoms with Gasteiger partial charge in [-0.2, -0.15) is 0 Å². The van der Waals surface area contributed by atoms with Crippen LogP contribution in [0.3, 0.4) is 0 Å². The summed E-state index contributed by atoms with van der Waals surface area (Å²) in [5, 5.41) is 3.33. The van der Waals surface area contributed by atoms with E-state index in [0.717, 1.165) is 12.2 Å². The van der Waals surface area contributed by atoms with Gasteiger partial charge in [-0.25, -0.2) is 0 Å². The van der Waals surface area contributed by atoms with Crippen molar-refractivity contribution in [3.8, 4) is 0 Å². The molecule has 0 bridgehead atoms. The molecule has 1 heterocycles. The Hall–Kier alpha value is -0.760. The van der Waals surface area contributed by atoms with E-state index in [1.807, 2.05) is 19.2 Å². The van der Waals surface area contributed by atoms with Crippen LogP contribution in [-0.4, -0.2) is 7.05 Å². The van der Waals surface area contributed by atoms with E-state index in [9.17, 15) is 0 Å². The Morgan fingerprint density at radius 3 is 2.50 bits per heavy atom. The van der Waals surface area contributed by atoms with Gasteiger partial charge in [0.25, 0.3) is 0 Å². The lowest BCUT2D eigenvalue weighted by atomic mass is 9.82. The van der Waals surface area contributed by atoms with E-state index in [1.54, 1.807) is 6.26 Å². The van der Waals surface area contributed by atoms with E-state index >= 15 is 0 Å². The second-order valence-electron chi connectivity index (χ2n) is 5.96. The van der Waals surface area contributed by atoms with Crippen LogP contribution in [0.1, 0.15) is 52.3 Å². The fraction of sp³-hybridized carbons (Fsp3) is 0.714. The fourth-order valence-corrected chi connectivity index (χ4v) is 2.40. The van der Waals surface area contributed by atoms with Crippen molar-refractivity contribution in [1.82, 2.24) is 5.32 Å². The minimum absolute atomic E-state index is 0.340. The molecule has 92 valence electrons. The molecule has 2 atom stereocenters. The van der Waals surface area contributed by atoms with Gasteiger partial charge < -0.3 is 9.73 Å². The molecule has 0 fully saturated rings. The lowest BCUT2D eigenvalue weighted by Crippen LogP contribution is -2.20. The zero-order valence-electron chi connectivity index (χ0n) is 11.2. The Labute approximate surface area is 99.4 Å². The van der Waals surface area contributed by atoms with Crippen LogP contribution in [0.4, 0.5) is 0 Å². The maximum Gasteiger partial charge on any atom is 0.120 e. The van der Waals surface area contributed by atoms with Crippen molar-refractivity contribution in [1.29, 1.82) is 0 Å². The van der Waals surface area contributed by atoms with E-state index < -0.39 is 0 Å². The van der Waals surface area contributed by atoms with Gasteiger partial charge in [0.05, 0.1) is 12.3 Å². The van der Waals surface area contributed by atoms with E-state index in [4.69, 9.17) is 4.42 Å². The summed E-state index contributed by atoms with van der Waals surface area (Å²) in [6, 6.07) is 4.34. The van der Waals surface area contributed by atoms with Gasteiger partial charge in [0.15, 0.2) is 0 Å². The zero-order chi connectivity index (χ0) is 12.2. The van der Waals surface area contributed by atoms with Gasteiger partial charge in [-0.05, 0) is 43.4 Å². The molecule has 0 aliphatic heterocycles. The summed E-state index contributed by atoms with van der Waals surface area (Å²) in [5.41, 5.74) is 0.404. The lowest BCUT2D eigenvalue weighted by Gasteiger charge is -2.25. The van der Waals surface area contributed by atoms with Crippen molar-refractivity contribution in [3.63, 3.8) is 0 Å². The molecule has 0 saturated heterocycles. The number of rotatable bonds is 5. The molecule has 1 N–H and O–H groups in total. The lowest BCUT2D eigenvalue weighted by molar-refractivity contribution is 0.268. The topological polar surface area (TPSA) is 25.2 Å². The summed E-state index contributed by atoms with van der Waals surface area (Å²) in [7, 11) is 2.00. The Bertz CT molecular complexity index is 284. The van der Waals surface area contributed by atoms with E-state index in [0.29, 0.717) is 17.4 Å². The maximum absolute atomic E-state index is 5.46. The summed E-state index contributed by atoms with van der Waals surface area (Å²) in [6.45, 7) is 9.21. The molecule has 2 heteroatoms. The zero-order valence-corrected chi connectivity index (χ0v) is 11.2. The number of furan rings is 1. The Balaban J connectivity index is 2.51. The summed E-state index contributed by atoms with van der Waals surface area (Å²) in [4.78, 5) is 0. The van der Waals surface area contributed by atoms with Crippen LogP contribution in [0, 0.1) is 11.3 Å². The highest BCUT2D eigenvalue weighted by Gasteiger charge is 2.20. The van der Waals surface area contributed by atoms with Crippen LogP contribution in [0.5, 0.6) is 0 Å². The first kappa shape index (κ1) is 13.3. The van der Waals surface area contributed by atoms with E-state index in [1.165, 1.54) is 6.42 Å². The average Bonchev–Trinajstić information content (AvgIpc) is 2.63. The summed E-state index contributed by atoms with van der Waals surface area (Å²) in [6.07, 6.45) is 4.11. The molecule has 0 saturated carbocycles. The predicted octanol–water partition coefficient (Wildman–Crippen LogP) is 4.00. The van der Waals surface area contributed by atoms with Crippen molar-refractivity contribution in [2.75, 3.05) is 7.05 Å². The third-order valence-electron chi connectivity index (χ3n) is 2.83. The van der Waals surface area contributed by atoms with E-state index in [2.05, 4.69) is 33.0 Å². The first-order valence-corrected chi connectivity index (χ1v) is 6.13. The highest BCUT2D eigenvalue weighted by molar-refractivity contribution is 5.04. The van der Waals surface area contributed by atoms with Gasteiger partial charge in [0.2, 0.25) is 0 Å². The Morgan fingerprint density at radius 1 is 1.38 bits per heavy atom. The minimum atomic E-state index is 0.340. The molecular weight excluding hydrogens is 198 g/mol. The molecule has 16 heavy (non-hydrogen) atoms. The Morgan fingerprint density at radius 2 is 2.06 bits per heavy atom. The first-order valence-electron chi connectivity index (χ1n) is 6.13. The van der Waals surface area contributed by atoms with Crippen molar-refractivity contribution in [3.05, 3.63) is 24.2 Å². The molecule has 0 aliphatic rings. The van der Waals surface area contributed by atoms with Gasteiger partial charge in [-0.1, -0.05) is 27.7 Å². The summed E-state index contributed by atoms with van der Waals surface area (Å²) < 4.78 is 5.46. The molecule has 2 nitrogen and oxygen atoms in total. The third-order valence-corrected chi connectivity index (χ3v) is 2.83. The van der Waals surface area contributed by atoms with Gasteiger partial charge in [-0.3, -0.25) is 0 Å². The van der Waals surface area contributed by atoms with Crippen LogP contribution in [0.2, 0.25) is 0 Å². The van der Waals surface area contributed by atoms with Gasteiger partial charge >= 0.3 is 0 Å². The molecule has 1 rings (SSSR count). The van der Waals surface area contributed by atoms with Crippen molar-refractivity contribution < 1.29 is 4.42 Å². The van der Waals surface area contributed by atoms with Crippen molar-refractivity contribution >= 4 is 0 Å². The normalized spacial score (nSPS) is 16.1. The van der Waals surface area contributed by atoms with Gasteiger partial charge in [0, 0.05) is 0 Å². The second kappa shape index (κ2) is 5.53. The van der Waals surface area contributed by atoms with Crippen molar-refractivity contribution in [2.45, 2.75) is 46.6 Å². The largest absolute Gasteiger partial charge is 0.468 e. The van der Waals surface area contributed by atoms with Gasteiger partial charge in [0.1, 0.15) is 5.76 Å². The highest BCUT2D eigenvalue weighted by atomic mass is 16.3. The summed E-state index contributed by atoms with van der Waals surface area (Å²) in [5.74, 6) is 1.74. The summed E-state index contributed by atoms with van der Waals surface area (Å²) >= 11 is 0. The number of hydrogen-bond acceptors (Lipinski definition) is 2. The van der Waals surface area contributed by atoms with Gasteiger partial charge in [-0.15, -0.1) is 0 Å². The molecule has 0 spiro atoms. The van der Waals surface area contributed by atoms with Crippen LogP contribution >= 0.6 is 0 Å². The van der Waals surface area contributed by atoms with Crippen molar-refractivity contribution in [2.24, 2.45) is 11.3 Å². The molecule has 1 aromatic rings. The smallest absolute Gasteiger partial charge is 0.120 e. The van der Waals surface area contributed by atoms with Crippen LogP contribution in [-0.2, 0) is 0 Å². The molecule has 2 unspecified atom stereocenters. The van der Waals surface area contributed by atoms with E-state index in [-0.39, 0.29) is 0 Å². The molecule has 0 aromatic carbocycles. The molecular formula is C14H25NO. The number of nitrogens with one attached hydrogen (secondary N) is 1. The number of hydrogen-bond donors (Lipinski definition) is 1. The Kier molecular flexibility index (Phi) is 4.60. The SMILES string of the molecule is CNC(CC(C)CC(C)(C)C)c1ccco1. The molecule has 0 aliphatic carbocycles. The molecule has 0 amide bonds. The monoisotopic (exact) mass is 223 g/mol. The van der Waals surface area contributed by atoms with Crippen LogP contribution < -0.4 is 5.32 Å². The quantitative estimate of drug-likeness (QED) is 0.816. The second-order valence-corrected chi connectivity index (χ2v) is 5.96. The van der Waals surface area contributed by atoms with Crippen LogP contribution in [0.25, 0.3) is 0 Å². The molecule has 1 aromatic heterocycles. The molecule has 0 radical (unpaired) electrons. The van der Waals surface area contributed by atoms with Crippen LogP contribution in [0.15, 0.2) is 22.8 Å². The maximum atomic E-state index is 5.46. The minimum Gasteiger partial charge on any atom is -0.468 e.